The third kappa shape index (κ3) is 8.33. The van der Waals surface area contributed by atoms with Crippen molar-refractivity contribution in [1.82, 2.24) is 15.5 Å². The van der Waals surface area contributed by atoms with E-state index in [1.165, 1.54) is 0 Å². The lowest BCUT2D eigenvalue weighted by Crippen LogP contribution is -2.46. The van der Waals surface area contributed by atoms with Gasteiger partial charge in [0, 0.05) is 38.3 Å². The number of hydrogen-bond acceptors (Lipinski definition) is 4. The highest BCUT2D eigenvalue weighted by atomic mass is 19.4. The Bertz CT molecular complexity index is 920. The van der Waals surface area contributed by atoms with E-state index >= 15 is 0 Å². The normalized spacial score (nSPS) is 24.6. The van der Waals surface area contributed by atoms with E-state index in [4.69, 9.17) is 4.74 Å². The Balaban J connectivity index is 1.43. The Morgan fingerprint density at radius 1 is 0.895 bits per heavy atom. The number of alkyl halides is 6. The monoisotopic (exact) mass is 551 g/mol. The van der Waals surface area contributed by atoms with Crippen LogP contribution in [0.1, 0.15) is 72.9 Å². The molecule has 0 atom stereocenters. The van der Waals surface area contributed by atoms with E-state index in [2.05, 4.69) is 10.6 Å². The summed E-state index contributed by atoms with van der Waals surface area (Å²) in [6, 6.07) is 1.20. The maximum absolute atomic E-state index is 13.1. The summed E-state index contributed by atoms with van der Waals surface area (Å²) in [5, 5.41) is 5.78. The highest BCUT2D eigenvalue weighted by Crippen LogP contribution is 2.36. The lowest BCUT2D eigenvalue weighted by molar-refractivity contribution is -0.143. The second-order valence-corrected chi connectivity index (χ2v) is 10.3. The molecule has 0 aliphatic heterocycles. The summed E-state index contributed by atoms with van der Waals surface area (Å²) < 4.78 is 83.7. The number of carbonyl (C=O) groups excluding carboxylic acids is 2. The molecule has 0 unspecified atom stereocenters. The number of benzene rings is 1. The van der Waals surface area contributed by atoms with Gasteiger partial charge in [-0.3, -0.25) is 9.59 Å². The molecule has 2 saturated carbocycles. The lowest BCUT2D eigenvalue weighted by atomic mass is 9.86. The van der Waals surface area contributed by atoms with Crippen molar-refractivity contribution in [1.29, 1.82) is 0 Å². The minimum Gasteiger partial charge on any atom is -0.381 e. The van der Waals surface area contributed by atoms with E-state index in [1.807, 2.05) is 7.05 Å². The van der Waals surface area contributed by atoms with Gasteiger partial charge in [-0.2, -0.15) is 26.3 Å². The maximum Gasteiger partial charge on any atom is 0.416 e. The van der Waals surface area contributed by atoms with Gasteiger partial charge < -0.3 is 20.3 Å². The number of likely N-dealkylation sites (N-methyl/N-ethyl adjacent to an activating group) is 1. The molecule has 214 valence electrons. The SMILES string of the molecule is COC1CCC(N(C)C(=O)CN[C@H]2CC[C@H](CNC(=O)c3cc(C(F)(F)F)cc(C(F)(F)F)c3)CC2)CC1. The number of ether oxygens (including phenoxy) is 1. The Kier molecular flexibility index (Phi) is 10.1. The van der Waals surface area contributed by atoms with Crippen LogP contribution in [0.15, 0.2) is 18.2 Å². The third-order valence-corrected chi connectivity index (χ3v) is 7.71. The van der Waals surface area contributed by atoms with Crippen molar-refractivity contribution in [3.63, 3.8) is 0 Å². The molecule has 2 amide bonds. The van der Waals surface area contributed by atoms with Crippen LogP contribution in [0.2, 0.25) is 0 Å². The number of methoxy groups -OCH3 is 1. The van der Waals surface area contributed by atoms with Crippen molar-refractivity contribution >= 4 is 11.8 Å². The van der Waals surface area contributed by atoms with Crippen molar-refractivity contribution in [3.8, 4) is 0 Å². The van der Waals surface area contributed by atoms with Crippen molar-refractivity contribution in [2.75, 3.05) is 27.2 Å². The number of carbonyl (C=O) groups is 2. The lowest BCUT2D eigenvalue weighted by Gasteiger charge is -2.35. The smallest absolute Gasteiger partial charge is 0.381 e. The van der Waals surface area contributed by atoms with Gasteiger partial charge >= 0.3 is 12.4 Å². The highest BCUT2D eigenvalue weighted by molar-refractivity contribution is 5.94. The molecular formula is C26H35F6N3O3. The average molecular weight is 552 g/mol. The third-order valence-electron chi connectivity index (χ3n) is 7.71. The predicted octanol–water partition coefficient (Wildman–Crippen LogP) is 5.02. The van der Waals surface area contributed by atoms with Gasteiger partial charge in [0.25, 0.3) is 5.91 Å². The van der Waals surface area contributed by atoms with Gasteiger partial charge in [0.05, 0.1) is 23.8 Å². The summed E-state index contributed by atoms with van der Waals surface area (Å²) in [6.45, 7) is 0.374. The van der Waals surface area contributed by atoms with E-state index in [0.717, 1.165) is 38.5 Å². The van der Waals surface area contributed by atoms with E-state index < -0.39 is 35.0 Å². The molecule has 0 aromatic heterocycles. The number of nitrogens with zero attached hydrogens (tertiary/aromatic N) is 1. The molecule has 1 aromatic carbocycles. The summed E-state index contributed by atoms with van der Waals surface area (Å²) in [5.74, 6) is -0.909. The fourth-order valence-corrected chi connectivity index (χ4v) is 5.22. The van der Waals surface area contributed by atoms with Gasteiger partial charge in [0.2, 0.25) is 5.91 Å². The fourth-order valence-electron chi connectivity index (χ4n) is 5.22. The Morgan fingerprint density at radius 3 is 1.95 bits per heavy atom. The van der Waals surface area contributed by atoms with Crippen LogP contribution in [0.3, 0.4) is 0 Å². The zero-order valence-corrected chi connectivity index (χ0v) is 21.6. The average Bonchev–Trinajstić information content (AvgIpc) is 2.89. The van der Waals surface area contributed by atoms with Crippen LogP contribution in [0, 0.1) is 5.92 Å². The summed E-state index contributed by atoms with van der Waals surface area (Å²) in [7, 11) is 3.53. The van der Waals surface area contributed by atoms with E-state index in [-0.39, 0.29) is 49.2 Å². The fraction of sp³-hybridized carbons (Fsp3) is 0.692. The van der Waals surface area contributed by atoms with E-state index in [1.54, 1.807) is 12.0 Å². The Hall–Kier alpha value is -2.34. The molecule has 0 bridgehead atoms. The van der Waals surface area contributed by atoms with Crippen LogP contribution in [0.25, 0.3) is 0 Å². The minimum absolute atomic E-state index is 0.000589. The first-order valence-electron chi connectivity index (χ1n) is 12.9. The second kappa shape index (κ2) is 12.7. The summed E-state index contributed by atoms with van der Waals surface area (Å²) in [5.41, 5.74) is -3.72. The standard InChI is InChI=1S/C26H35F6N3O3/c1-35(21-7-9-22(38-2)10-8-21)23(36)15-33-20-5-3-16(4-6-20)14-34-24(37)17-11-18(25(27,28)29)13-19(12-17)26(30,31)32/h11-13,16,20-22,33H,3-10,14-15H2,1-2H3,(H,34,37)/t16-,20-,21?,22?. The molecule has 2 fully saturated rings. The quantitative estimate of drug-likeness (QED) is 0.446. The molecule has 12 heteroatoms. The minimum atomic E-state index is -5.01. The molecule has 3 rings (SSSR count). The Labute approximate surface area is 218 Å². The van der Waals surface area contributed by atoms with Crippen LogP contribution >= 0.6 is 0 Å². The maximum atomic E-state index is 13.1. The summed E-state index contributed by atoms with van der Waals surface area (Å²) in [4.78, 5) is 26.8. The molecule has 2 N–H and O–H groups in total. The second-order valence-electron chi connectivity index (χ2n) is 10.3. The van der Waals surface area contributed by atoms with Gasteiger partial charge in [0.15, 0.2) is 0 Å². The predicted molar refractivity (Wildman–Crippen MR) is 128 cm³/mol. The van der Waals surface area contributed by atoms with Crippen molar-refractivity contribution in [2.24, 2.45) is 5.92 Å². The van der Waals surface area contributed by atoms with Gasteiger partial charge in [-0.05, 0) is 75.5 Å². The number of hydrogen-bond donors (Lipinski definition) is 2. The van der Waals surface area contributed by atoms with E-state index in [0.29, 0.717) is 25.0 Å². The molecule has 2 aliphatic carbocycles. The molecule has 0 heterocycles. The summed E-state index contributed by atoms with van der Waals surface area (Å²) in [6.07, 6.45) is -3.16. The van der Waals surface area contributed by atoms with Crippen LogP contribution in [-0.4, -0.2) is 62.1 Å². The van der Waals surface area contributed by atoms with Gasteiger partial charge in [0.1, 0.15) is 0 Å². The molecular weight excluding hydrogens is 516 g/mol. The molecule has 0 spiro atoms. The first-order valence-corrected chi connectivity index (χ1v) is 12.9. The molecule has 6 nitrogen and oxygen atoms in total. The van der Waals surface area contributed by atoms with Crippen molar-refractivity contribution in [2.45, 2.75) is 81.9 Å². The van der Waals surface area contributed by atoms with Gasteiger partial charge in [-0.15, -0.1) is 0 Å². The number of amides is 2. The van der Waals surface area contributed by atoms with Crippen molar-refractivity contribution in [3.05, 3.63) is 34.9 Å². The topological polar surface area (TPSA) is 70.7 Å². The molecule has 2 aliphatic rings. The van der Waals surface area contributed by atoms with Gasteiger partial charge in [-0.25, -0.2) is 0 Å². The Morgan fingerprint density at radius 2 is 1.45 bits per heavy atom. The molecule has 0 saturated heterocycles. The zero-order chi connectivity index (χ0) is 28.1. The molecule has 0 radical (unpaired) electrons. The highest BCUT2D eigenvalue weighted by Gasteiger charge is 2.37. The number of halogens is 6. The first kappa shape index (κ1) is 30.2. The van der Waals surface area contributed by atoms with E-state index in [9.17, 15) is 35.9 Å². The van der Waals surface area contributed by atoms with Crippen LogP contribution < -0.4 is 10.6 Å². The zero-order valence-electron chi connectivity index (χ0n) is 21.6. The first-order chi connectivity index (χ1) is 17.8. The van der Waals surface area contributed by atoms with Crippen LogP contribution in [0.4, 0.5) is 26.3 Å². The van der Waals surface area contributed by atoms with Crippen molar-refractivity contribution < 1.29 is 40.7 Å². The summed E-state index contributed by atoms with van der Waals surface area (Å²) >= 11 is 0. The molecule has 1 aromatic rings. The number of nitrogens with one attached hydrogen (secondary N) is 2. The van der Waals surface area contributed by atoms with Gasteiger partial charge in [-0.1, -0.05) is 0 Å². The van der Waals surface area contributed by atoms with Crippen LogP contribution in [0.5, 0.6) is 0 Å². The molecule has 38 heavy (non-hydrogen) atoms. The van der Waals surface area contributed by atoms with Crippen LogP contribution in [-0.2, 0) is 21.9 Å². The largest absolute Gasteiger partial charge is 0.416 e. The number of rotatable bonds is 8.